The standard InChI is InChI=1S/C17H26N2O2.C2HF3O2/c1-2-20-14-17-7-4-10-21-16(17)6-9-19(13-17)12-15-5-3-8-18-11-15;3-2(4,5)1(6)7/h3,5,8,11,16H,2,4,6-7,9-10,12-14H2,1H3;(H,6,7). The van der Waals surface area contributed by atoms with Crippen molar-refractivity contribution < 1.29 is 32.5 Å². The number of halogens is 3. The van der Waals surface area contributed by atoms with Gasteiger partial charge in [0.15, 0.2) is 0 Å². The number of piperidine rings is 1. The summed E-state index contributed by atoms with van der Waals surface area (Å²) < 4.78 is 43.6. The number of hydrogen-bond donors (Lipinski definition) is 1. The molecule has 1 aromatic heterocycles. The Hall–Kier alpha value is -1.71. The van der Waals surface area contributed by atoms with Gasteiger partial charge >= 0.3 is 12.1 Å². The molecule has 2 atom stereocenters. The van der Waals surface area contributed by atoms with Crippen molar-refractivity contribution in [1.29, 1.82) is 0 Å². The minimum Gasteiger partial charge on any atom is -0.475 e. The summed E-state index contributed by atoms with van der Waals surface area (Å²) in [6.45, 7) is 7.77. The Morgan fingerprint density at radius 2 is 2.25 bits per heavy atom. The predicted molar refractivity (Wildman–Crippen MR) is 95.7 cm³/mol. The molecule has 3 heterocycles. The molecule has 9 heteroatoms. The number of nitrogens with zero attached hydrogens (tertiary/aromatic N) is 2. The Labute approximate surface area is 162 Å². The number of aromatic nitrogens is 1. The van der Waals surface area contributed by atoms with Gasteiger partial charge in [-0.05, 0) is 37.8 Å². The number of rotatable bonds is 5. The van der Waals surface area contributed by atoms with Crippen LogP contribution in [0.2, 0.25) is 0 Å². The van der Waals surface area contributed by atoms with Crippen molar-refractivity contribution in [3.63, 3.8) is 0 Å². The second kappa shape index (κ2) is 10.2. The third-order valence-electron chi connectivity index (χ3n) is 5.03. The Bertz CT molecular complexity index is 615. The summed E-state index contributed by atoms with van der Waals surface area (Å²) in [7, 11) is 0. The molecule has 0 aliphatic carbocycles. The minimum atomic E-state index is -5.08. The van der Waals surface area contributed by atoms with Crippen molar-refractivity contribution in [3.8, 4) is 0 Å². The second-order valence-electron chi connectivity index (χ2n) is 7.13. The van der Waals surface area contributed by atoms with Gasteiger partial charge in [0.1, 0.15) is 0 Å². The Balaban J connectivity index is 0.000000345. The van der Waals surface area contributed by atoms with Gasteiger partial charge in [-0.3, -0.25) is 9.88 Å². The monoisotopic (exact) mass is 404 g/mol. The van der Waals surface area contributed by atoms with Gasteiger partial charge < -0.3 is 14.6 Å². The molecule has 0 aromatic carbocycles. The Kier molecular flexibility index (Phi) is 8.21. The first-order chi connectivity index (χ1) is 13.3. The maximum Gasteiger partial charge on any atom is 0.490 e. The van der Waals surface area contributed by atoms with E-state index in [1.54, 1.807) is 0 Å². The summed E-state index contributed by atoms with van der Waals surface area (Å²) in [5.74, 6) is -2.76. The molecule has 0 saturated carbocycles. The highest BCUT2D eigenvalue weighted by Crippen LogP contribution is 2.40. The Morgan fingerprint density at radius 3 is 2.86 bits per heavy atom. The molecule has 0 radical (unpaired) electrons. The zero-order valence-electron chi connectivity index (χ0n) is 16.0. The van der Waals surface area contributed by atoms with E-state index in [2.05, 4.69) is 22.9 Å². The van der Waals surface area contributed by atoms with Gasteiger partial charge in [0, 0.05) is 50.7 Å². The zero-order valence-corrected chi connectivity index (χ0v) is 16.0. The zero-order chi connectivity index (χ0) is 20.6. The van der Waals surface area contributed by atoms with E-state index in [-0.39, 0.29) is 5.41 Å². The van der Waals surface area contributed by atoms with Crippen molar-refractivity contribution in [2.24, 2.45) is 5.41 Å². The van der Waals surface area contributed by atoms with E-state index in [4.69, 9.17) is 19.4 Å². The molecule has 2 fully saturated rings. The number of carboxylic acids is 1. The molecular weight excluding hydrogens is 377 g/mol. The largest absolute Gasteiger partial charge is 0.490 e. The Morgan fingerprint density at radius 1 is 1.50 bits per heavy atom. The van der Waals surface area contributed by atoms with Crippen molar-refractivity contribution >= 4 is 5.97 Å². The van der Waals surface area contributed by atoms with Crippen molar-refractivity contribution in [2.75, 3.05) is 32.9 Å². The normalized spacial score (nSPS) is 25.4. The van der Waals surface area contributed by atoms with Gasteiger partial charge in [-0.1, -0.05) is 6.07 Å². The number of aliphatic carboxylic acids is 1. The molecule has 28 heavy (non-hydrogen) atoms. The third kappa shape index (κ3) is 6.42. The number of hydrogen-bond acceptors (Lipinski definition) is 5. The molecular formula is C19H27F3N2O4. The molecule has 2 saturated heterocycles. The predicted octanol–water partition coefficient (Wildman–Crippen LogP) is 3.12. The number of likely N-dealkylation sites (tertiary alicyclic amines) is 1. The van der Waals surface area contributed by atoms with Crippen LogP contribution >= 0.6 is 0 Å². The van der Waals surface area contributed by atoms with Crippen LogP contribution in [0.4, 0.5) is 13.2 Å². The average molecular weight is 404 g/mol. The lowest BCUT2D eigenvalue weighted by atomic mass is 9.73. The summed E-state index contributed by atoms with van der Waals surface area (Å²) in [5.41, 5.74) is 1.48. The van der Waals surface area contributed by atoms with Gasteiger partial charge in [0.25, 0.3) is 0 Å². The summed E-state index contributed by atoms with van der Waals surface area (Å²) in [5, 5.41) is 7.12. The fourth-order valence-corrected chi connectivity index (χ4v) is 3.78. The van der Waals surface area contributed by atoms with Crippen LogP contribution in [-0.2, 0) is 20.8 Å². The summed E-state index contributed by atoms with van der Waals surface area (Å²) in [6, 6.07) is 4.17. The fourth-order valence-electron chi connectivity index (χ4n) is 3.78. The van der Waals surface area contributed by atoms with Crippen LogP contribution < -0.4 is 0 Å². The molecule has 0 spiro atoms. The lowest BCUT2D eigenvalue weighted by Crippen LogP contribution is -2.56. The molecule has 3 rings (SSSR count). The van der Waals surface area contributed by atoms with Crippen LogP contribution in [-0.4, -0.2) is 66.2 Å². The number of ether oxygens (including phenoxy) is 2. The molecule has 0 amide bonds. The minimum absolute atomic E-state index is 0.189. The summed E-state index contributed by atoms with van der Waals surface area (Å²) in [4.78, 5) is 15.7. The number of carboxylic acid groups (broad SMARTS) is 1. The van der Waals surface area contributed by atoms with E-state index < -0.39 is 12.1 Å². The van der Waals surface area contributed by atoms with Crippen molar-refractivity contribution in [3.05, 3.63) is 30.1 Å². The van der Waals surface area contributed by atoms with Crippen molar-refractivity contribution in [1.82, 2.24) is 9.88 Å². The highest BCUT2D eigenvalue weighted by Gasteiger charge is 2.46. The van der Waals surface area contributed by atoms with Crippen LogP contribution in [0.3, 0.4) is 0 Å². The topological polar surface area (TPSA) is 71.9 Å². The number of carbonyl (C=O) groups is 1. The molecule has 2 aliphatic rings. The molecule has 1 aromatic rings. The molecule has 158 valence electrons. The van der Waals surface area contributed by atoms with E-state index >= 15 is 0 Å². The average Bonchev–Trinajstić information content (AvgIpc) is 2.67. The third-order valence-corrected chi connectivity index (χ3v) is 5.03. The molecule has 6 nitrogen and oxygen atoms in total. The quantitative estimate of drug-likeness (QED) is 0.813. The van der Waals surface area contributed by atoms with Crippen LogP contribution in [0.15, 0.2) is 24.5 Å². The summed E-state index contributed by atoms with van der Waals surface area (Å²) >= 11 is 0. The maximum atomic E-state index is 10.6. The van der Waals surface area contributed by atoms with Gasteiger partial charge in [0.05, 0.1) is 12.7 Å². The molecule has 2 unspecified atom stereocenters. The lowest BCUT2D eigenvalue weighted by Gasteiger charge is -2.50. The lowest BCUT2D eigenvalue weighted by molar-refractivity contribution is -0.192. The first kappa shape index (κ1) is 22.6. The summed E-state index contributed by atoms with van der Waals surface area (Å²) in [6.07, 6.45) is 2.60. The molecule has 2 aliphatic heterocycles. The number of pyridine rings is 1. The first-order valence-electron chi connectivity index (χ1n) is 9.37. The fraction of sp³-hybridized carbons (Fsp3) is 0.684. The molecule has 1 N–H and O–H groups in total. The van der Waals surface area contributed by atoms with E-state index in [0.29, 0.717) is 6.10 Å². The van der Waals surface area contributed by atoms with Gasteiger partial charge in [-0.25, -0.2) is 4.79 Å². The molecule has 0 bridgehead atoms. The van der Waals surface area contributed by atoms with Gasteiger partial charge in [-0.15, -0.1) is 0 Å². The number of fused-ring (bicyclic) bond motifs is 1. The highest BCUT2D eigenvalue weighted by molar-refractivity contribution is 5.73. The smallest absolute Gasteiger partial charge is 0.475 e. The van der Waals surface area contributed by atoms with E-state index in [1.165, 1.54) is 12.0 Å². The maximum absolute atomic E-state index is 10.6. The first-order valence-corrected chi connectivity index (χ1v) is 9.37. The van der Waals surface area contributed by atoms with Crippen LogP contribution in [0, 0.1) is 5.41 Å². The van der Waals surface area contributed by atoms with Crippen LogP contribution in [0.1, 0.15) is 31.7 Å². The van der Waals surface area contributed by atoms with E-state index in [9.17, 15) is 13.2 Å². The van der Waals surface area contributed by atoms with Crippen molar-refractivity contribution in [2.45, 2.75) is 45.0 Å². The second-order valence-corrected chi connectivity index (χ2v) is 7.13. The highest BCUT2D eigenvalue weighted by atomic mass is 19.4. The van der Waals surface area contributed by atoms with E-state index in [0.717, 1.165) is 52.3 Å². The SMILES string of the molecule is CCOCC12CCCOC1CCN(Cc1cccnc1)C2.O=C(O)C(F)(F)F. The van der Waals surface area contributed by atoms with Crippen LogP contribution in [0.25, 0.3) is 0 Å². The number of alkyl halides is 3. The van der Waals surface area contributed by atoms with Gasteiger partial charge in [0.2, 0.25) is 0 Å². The van der Waals surface area contributed by atoms with Gasteiger partial charge in [-0.2, -0.15) is 13.2 Å². The van der Waals surface area contributed by atoms with E-state index in [1.807, 2.05) is 18.5 Å². The van der Waals surface area contributed by atoms with Crippen LogP contribution in [0.5, 0.6) is 0 Å².